The molecule has 92 valence electrons. The van der Waals surface area contributed by atoms with Crippen molar-refractivity contribution in [2.45, 2.75) is 0 Å². The Morgan fingerprint density at radius 3 is 2.25 bits per heavy atom. The van der Waals surface area contributed by atoms with Gasteiger partial charge in [-0.1, -0.05) is 17.8 Å². The van der Waals surface area contributed by atoms with E-state index < -0.39 is 7.82 Å². The molecule has 9 heteroatoms. The van der Waals surface area contributed by atoms with Crippen molar-refractivity contribution in [3.05, 3.63) is 24.3 Å². The van der Waals surface area contributed by atoms with Gasteiger partial charge in [0.05, 0.1) is 12.8 Å². The van der Waals surface area contributed by atoms with E-state index in [0.29, 0.717) is 11.4 Å². The van der Waals surface area contributed by atoms with Gasteiger partial charge in [-0.15, -0.1) is 4.48 Å². The number of para-hydroxylation sites is 2. The minimum atomic E-state index is -4.64. The molecule has 0 amide bonds. The van der Waals surface area contributed by atoms with E-state index in [1.807, 2.05) is 6.07 Å². The van der Waals surface area contributed by atoms with Crippen LogP contribution >= 0.6 is 7.82 Å². The lowest BCUT2D eigenvalue weighted by Crippen LogP contribution is -2.10. The van der Waals surface area contributed by atoms with E-state index in [2.05, 4.69) is 5.43 Å². The third kappa shape index (κ3) is 8.16. The van der Waals surface area contributed by atoms with Crippen LogP contribution in [0.5, 0.6) is 5.75 Å². The maximum absolute atomic E-state index is 11.6. The van der Waals surface area contributed by atoms with Crippen LogP contribution in [0.1, 0.15) is 0 Å². The normalized spacial score (nSPS) is 10.1. The van der Waals surface area contributed by atoms with Crippen molar-refractivity contribution in [1.82, 2.24) is 5.65 Å². The Hall–Kier alpha value is -1.18. The summed E-state index contributed by atoms with van der Waals surface area (Å²) in [5, 5.41) is 0. The van der Waals surface area contributed by atoms with Gasteiger partial charge >= 0.3 is 7.82 Å². The van der Waals surface area contributed by atoms with Crippen molar-refractivity contribution in [2.24, 2.45) is 0 Å². The average molecular weight is 254 g/mol. The van der Waals surface area contributed by atoms with E-state index in [9.17, 15) is 4.48 Å². The monoisotopic (exact) mass is 254 g/mol. The van der Waals surface area contributed by atoms with Gasteiger partial charge in [-0.3, -0.25) is 5.43 Å². The molecule has 0 aromatic heterocycles. The fourth-order valence-electron chi connectivity index (χ4n) is 0.799. The number of halogens is 1. The molecule has 0 radical (unpaired) electrons. The van der Waals surface area contributed by atoms with Crippen LogP contribution in [0, 0.1) is 0 Å². The van der Waals surface area contributed by atoms with Gasteiger partial charge in [0, 0.05) is 0 Å². The first-order chi connectivity index (χ1) is 7.38. The van der Waals surface area contributed by atoms with E-state index in [1.165, 1.54) is 12.8 Å². The minimum absolute atomic E-state index is 0.567. The summed E-state index contributed by atoms with van der Waals surface area (Å²) in [6.07, 6.45) is 0. The van der Waals surface area contributed by atoms with Crippen LogP contribution in [-0.4, -0.2) is 21.8 Å². The molecule has 0 saturated heterocycles. The van der Waals surface area contributed by atoms with E-state index in [-0.39, 0.29) is 0 Å². The molecule has 0 spiro atoms. The first-order valence-corrected chi connectivity index (χ1v) is 5.48. The molecular weight excluding hydrogens is 242 g/mol. The predicted octanol–water partition coefficient (Wildman–Crippen LogP) is 0.568. The van der Waals surface area contributed by atoms with E-state index in [4.69, 9.17) is 24.0 Å². The van der Waals surface area contributed by atoms with Gasteiger partial charge in [-0.25, -0.2) is 4.57 Å². The number of nitrogens with one attached hydrogen (secondary N) is 2. The van der Waals surface area contributed by atoms with Gasteiger partial charge in [-0.2, -0.15) is 0 Å². The summed E-state index contributed by atoms with van der Waals surface area (Å²) in [4.78, 5) is 21.6. The molecule has 0 unspecified atom stereocenters. The van der Waals surface area contributed by atoms with Gasteiger partial charge in [-0.05, 0) is 12.1 Å². The lowest BCUT2D eigenvalue weighted by molar-refractivity contribution is 0.275. The van der Waals surface area contributed by atoms with E-state index in [1.54, 1.807) is 18.2 Å². The van der Waals surface area contributed by atoms with E-state index >= 15 is 0 Å². The molecular formula is C7H12FN2O5P. The van der Waals surface area contributed by atoms with Crippen molar-refractivity contribution in [2.75, 3.05) is 12.5 Å². The van der Waals surface area contributed by atoms with E-state index in [0.717, 1.165) is 0 Å². The van der Waals surface area contributed by atoms with Crippen molar-refractivity contribution in [1.29, 1.82) is 0 Å². The summed E-state index contributed by atoms with van der Waals surface area (Å²) in [6.45, 7) is 0. The van der Waals surface area contributed by atoms with Crippen molar-refractivity contribution < 1.29 is 28.5 Å². The standard InChI is InChI=1S/C7H9FN2O.H3O4P/c1-11-7-5-3-2-4-6(7)9-10-8;1-5(2,3)4/h2-5,9-10H,1H3;(H3,1,2,3,4). The molecule has 7 nitrogen and oxygen atoms in total. The fraction of sp³-hybridized carbons (Fsp3) is 0.143. The average Bonchev–Trinajstić information content (AvgIpc) is 2.16. The molecule has 1 aromatic rings. The Morgan fingerprint density at radius 1 is 1.31 bits per heavy atom. The number of benzene rings is 1. The molecule has 0 saturated carbocycles. The number of hydrogen-bond acceptors (Lipinski definition) is 4. The first-order valence-electron chi connectivity index (χ1n) is 3.91. The van der Waals surface area contributed by atoms with Crippen LogP contribution in [0.3, 0.4) is 0 Å². The number of methoxy groups -OCH3 is 1. The number of rotatable bonds is 3. The Morgan fingerprint density at radius 2 is 1.81 bits per heavy atom. The smallest absolute Gasteiger partial charge is 0.466 e. The summed E-state index contributed by atoms with van der Waals surface area (Å²) < 4.78 is 25.4. The number of hydrogen-bond donors (Lipinski definition) is 5. The van der Waals surface area contributed by atoms with Gasteiger partial charge in [0.2, 0.25) is 0 Å². The second-order valence-corrected chi connectivity index (χ2v) is 3.46. The summed E-state index contributed by atoms with van der Waals surface area (Å²) >= 11 is 0. The Kier molecular flexibility index (Phi) is 6.63. The molecule has 1 rings (SSSR count). The first kappa shape index (κ1) is 14.8. The van der Waals surface area contributed by atoms with Gasteiger partial charge in [0.1, 0.15) is 5.75 Å². The fourth-order valence-corrected chi connectivity index (χ4v) is 0.799. The number of hydrazine groups is 1. The summed E-state index contributed by atoms with van der Waals surface area (Å²) in [5.41, 5.74) is 4.18. The lowest BCUT2D eigenvalue weighted by atomic mass is 10.3. The molecule has 0 atom stereocenters. The Bertz CT molecular complexity index is 350. The van der Waals surface area contributed by atoms with Gasteiger partial charge < -0.3 is 19.4 Å². The summed E-state index contributed by atoms with van der Waals surface area (Å²) in [6, 6.07) is 7.02. The van der Waals surface area contributed by atoms with Crippen LogP contribution in [0.25, 0.3) is 0 Å². The zero-order valence-corrected chi connectivity index (χ0v) is 9.19. The third-order valence-electron chi connectivity index (χ3n) is 1.29. The molecule has 16 heavy (non-hydrogen) atoms. The van der Waals surface area contributed by atoms with Crippen molar-refractivity contribution in [3.63, 3.8) is 0 Å². The van der Waals surface area contributed by atoms with Gasteiger partial charge in [0.15, 0.2) is 0 Å². The third-order valence-corrected chi connectivity index (χ3v) is 1.29. The van der Waals surface area contributed by atoms with Crippen LogP contribution < -0.4 is 15.8 Å². The second-order valence-electron chi connectivity index (χ2n) is 2.43. The van der Waals surface area contributed by atoms with Crippen LogP contribution in [0.2, 0.25) is 0 Å². The highest BCUT2D eigenvalue weighted by molar-refractivity contribution is 7.45. The lowest BCUT2D eigenvalue weighted by Gasteiger charge is -2.06. The molecule has 0 fully saturated rings. The molecule has 0 aliphatic rings. The minimum Gasteiger partial charge on any atom is -0.495 e. The SMILES string of the molecule is COc1ccccc1NNF.O=P(O)(O)O. The van der Waals surface area contributed by atoms with Crippen LogP contribution in [-0.2, 0) is 4.57 Å². The summed E-state index contributed by atoms with van der Waals surface area (Å²) in [7, 11) is -3.11. The molecule has 0 bridgehead atoms. The highest BCUT2D eigenvalue weighted by atomic mass is 31.2. The maximum atomic E-state index is 11.6. The zero-order valence-electron chi connectivity index (χ0n) is 8.29. The largest absolute Gasteiger partial charge is 0.495 e. The highest BCUT2D eigenvalue weighted by Crippen LogP contribution is 2.25. The summed E-state index contributed by atoms with van der Waals surface area (Å²) in [5.74, 6) is 0.595. The van der Waals surface area contributed by atoms with Crippen LogP contribution in [0.4, 0.5) is 10.2 Å². The maximum Gasteiger partial charge on any atom is 0.466 e. The quantitative estimate of drug-likeness (QED) is 0.304. The van der Waals surface area contributed by atoms with Gasteiger partial charge in [0.25, 0.3) is 0 Å². The highest BCUT2D eigenvalue weighted by Gasteiger charge is 2.00. The predicted molar refractivity (Wildman–Crippen MR) is 55.1 cm³/mol. The second kappa shape index (κ2) is 7.15. The van der Waals surface area contributed by atoms with Crippen molar-refractivity contribution in [3.8, 4) is 5.75 Å². The molecule has 0 heterocycles. The Labute approximate surface area is 91.0 Å². The molecule has 1 aromatic carbocycles. The topological polar surface area (TPSA) is 111 Å². The zero-order chi connectivity index (χ0) is 12.6. The number of ether oxygens (including phenoxy) is 1. The number of phosphoric acid groups is 1. The Balaban J connectivity index is 0.000000385. The molecule has 5 N–H and O–H groups in total. The molecule has 0 aliphatic carbocycles. The van der Waals surface area contributed by atoms with Crippen LogP contribution in [0.15, 0.2) is 24.3 Å². The van der Waals surface area contributed by atoms with Crippen molar-refractivity contribution >= 4 is 13.5 Å². The number of anilines is 1. The molecule has 0 aliphatic heterocycles.